The maximum absolute atomic E-state index is 12.2. The molecule has 0 aliphatic rings. The van der Waals surface area contributed by atoms with Crippen molar-refractivity contribution in [3.63, 3.8) is 0 Å². The first-order chi connectivity index (χ1) is 10.6. The van der Waals surface area contributed by atoms with Crippen molar-refractivity contribution in [2.75, 3.05) is 5.73 Å². The van der Waals surface area contributed by atoms with Crippen molar-refractivity contribution in [1.82, 2.24) is 19.1 Å². The Morgan fingerprint density at radius 2 is 1.91 bits per heavy atom. The zero-order chi connectivity index (χ0) is 15.7. The number of benzene rings is 1. The second-order valence-electron chi connectivity index (χ2n) is 5.12. The van der Waals surface area contributed by atoms with Crippen LogP contribution in [0.15, 0.2) is 39.9 Å². The molecule has 7 nitrogen and oxygen atoms in total. The summed E-state index contributed by atoms with van der Waals surface area (Å²) < 4.78 is 3.09. The molecule has 3 aromatic rings. The first-order valence-corrected chi connectivity index (χ1v) is 7.14. The molecule has 0 saturated heterocycles. The number of rotatable bonds is 4. The van der Waals surface area contributed by atoms with Crippen LogP contribution >= 0.6 is 0 Å². The maximum atomic E-state index is 12.2. The maximum Gasteiger partial charge on any atom is 0.330 e. The van der Waals surface area contributed by atoms with E-state index in [0.717, 1.165) is 12.0 Å². The fraction of sp³-hybridized carbons (Fsp3) is 0.267. The van der Waals surface area contributed by atoms with Gasteiger partial charge in [0.1, 0.15) is 0 Å². The Hall–Kier alpha value is -2.83. The molecule has 7 heteroatoms. The topological polar surface area (TPSA) is 98.7 Å². The zero-order valence-corrected chi connectivity index (χ0v) is 12.2. The van der Waals surface area contributed by atoms with E-state index in [-0.39, 0.29) is 5.95 Å². The fourth-order valence-corrected chi connectivity index (χ4v) is 2.55. The molecule has 0 aliphatic heterocycles. The standard InChI is InChI=1S/C15H17N5O2/c1-2-8-19-11-12(17-14(19)16)20(15(22)18-13(11)21)9-10-6-4-3-5-7-10/h3-7H,2,8-9H2,1H3,(H2,16,17)(H,18,21,22). The molecule has 0 spiro atoms. The van der Waals surface area contributed by atoms with Gasteiger partial charge in [-0.1, -0.05) is 37.3 Å². The minimum atomic E-state index is -0.484. The summed E-state index contributed by atoms with van der Waals surface area (Å²) in [5.41, 5.74) is 6.58. The predicted molar refractivity (Wildman–Crippen MR) is 84.9 cm³/mol. The van der Waals surface area contributed by atoms with Crippen molar-refractivity contribution in [3.05, 3.63) is 56.7 Å². The second-order valence-corrected chi connectivity index (χ2v) is 5.12. The Balaban J connectivity index is 2.24. The molecule has 114 valence electrons. The summed E-state index contributed by atoms with van der Waals surface area (Å²) >= 11 is 0. The minimum Gasteiger partial charge on any atom is -0.369 e. The van der Waals surface area contributed by atoms with E-state index in [1.807, 2.05) is 37.3 Å². The van der Waals surface area contributed by atoms with Gasteiger partial charge in [-0.2, -0.15) is 4.98 Å². The minimum absolute atomic E-state index is 0.245. The number of imidazole rings is 1. The third-order valence-electron chi connectivity index (χ3n) is 3.55. The number of nitrogens with two attached hydrogens (primary N) is 1. The third kappa shape index (κ3) is 2.30. The van der Waals surface area contributed by atoms with Crippen LogP contribution in [0.5, 0.6) is 0 Å². The Morgan fingerprint density at radius 1 is 1.18 bits per heavy atom. The number of nitrogens with zero attached hydrogens (tertiary/aromatic N) is 3. The highest BCUT2D eigenvalue weighted by atomic mass is 16.2. The lowest BCUT2D eigenvalue weighted by atomic mass is 10.2. The molecule has 0 atom stereocenters. The molecule has 0 radical (unpaired) electrons. The van der Waals surface area contributed by atoms with Crippen molar-refractivity contribution in [3.8, 4) is 0 Å². The summed E-state index contributed by atoms with van der Waals surface area (Å²) in [6.45, 7) is 2.89. The molecule has 22 heavy (non-hydrogen) atoms. The lowest BCUT2D eigenvalue weighted by Gasteiger charge is -2.07. The summed E-state index contributed by atoms with van der Waals surface area (Å²) in [5.74, 6) is 0.245. The van der Waals surface area contributed by atoms with Gasteiger partial charge in [-0.05, 0) is 12.0 Å². The molecular weight excluding hydrogens is 282 g/mol. The number of nitrogens with one attached hydrogen (secondary N) is 1. The van der Waals surface area contributed by atoms with Crippen LogP contribution < -0.4 is 17.0 Å². The SMILES string of the molecule is CCCn1c(N)nc2c1c(=O)[nH]c(=O)n2Cc1ccccc1. The number of H-pyrrole nitrogens is 1. The average Bonchev–Trinajstić information content (AvgIpc) is 2.82. The van der Waals surface area contributed by atoms with Crippen LogP contribution in [0.1, 0.15) is 18.9 Å². The molecule has 3 rings (SSSR count). The van der Waals surface area contributed by atoms with Gasteiger partial charge < -0.3 is 10.3 Å². The van der Waals surface area contributed by atoms with Crippen molar-refractivity contribution in [2.45, 2.75) is 26.4 Å². The predicted octanol–water partition coefficient (Wildman–Crippen LogP) is 0.927. The summed E-state index contributed by atoms with van der Waals surface area (Å²) in [6, 6.07) is 9.52. The number of anilines is 1. The molecule has 0 saturated carbocycles. The molecule has 3 N–H and O–H groups in total. The van der Waals surface area contributed by atoms with Crippen molar-refractivity contribution >= 4 is 17.1 Å². The number of aromatic nitrogens is 4. The van der Waals surface area contributed by atoms with Gasteiger partial charge in [0.2, 0.25) is 5.95 Å². The van der Waals surface area contributed by atoms with E-state index >= 15 is 0 Å². The van der Waals surface area contributed by atoms with Crippen LogP contribution in [0.4, 0.5) is 5.95 Å². The van der Waals surface area contributed by atoms with Crippen molar-refractivity contribution in [2.24, 2.45) is 0 Å². The lowest BCUT2D eigenvalue weighted by molar-refractivity contribution is 0.700. The highest BCUT2D eigenvalue weighted by Crippen LogP contribution is 2.14. The van der Waals surface area contributed by atoms with E-state index < -0.39 is 11.2 Å². The summed E-state index contributed by atoms with van der Waals surface area (Å²) in [7, 11) is 0. The summed E-state index contributed by atoms with van der Waals surface area (Å²) in [4.78, 5) is 30.9. The van der Waals surface area contributed by atoms with Gasteiger partial charge in [0, 0.05) is 6.54 Å². The van der Waals surface area contributed by atoms with E-state index in [4.69, 9.17) is 5.73 Å². The number of nitrogen functional groups attached to an aromatic ring is 1. The Labute approximate surface area is 126 Å². The van der Waals surface area contributed by atoms with Crippen LogP contribution in [0.3, 0.4) is 0 Å². The third-order valence-corrected chi connectivity index (χ3v) is 3.55. The first kappa shape index (κ1) is 14.1. The molecule has 0 fully saturated rings. The van der Waals surface area contributed by atoms with Crippen LogP contribution in [-0.4, -0.2) is 19.1 Å². The van der Waals surface area contributed by atoms with E-state index in [1.54, 1.807) is 4.57 Å². The van der Waals surface area contributed by atoms with Crippen molar-refractivity contribution in [1.29, 1.82) is 0 Å². The largest absolute Gasteiger partial charge is 0.369 e. The van der Waals surface area contributed by atoms with Gasteiger partial charge >= 0.3 is 5.69 Å². The van der Waals surface area contributed by atoms with Gasteiger partial charge in [-0.25, -0.2) is 4.79 Å². The van der Waals surface area contributed by atoms with E-state index in [2.05, 4.69) is 9.97 Å². The van der Waals surface area contributed by atoms with Crippen LogP contribution in [0.25, 0.3) is 11.2 Å². The number of fused-ring (bicyclic) bond motifs is 1. The van der Waals surface area contributed by atoms with Gasteiger partial charge in [0.25, 0.3) is 5.56 Å². The van der Waals surface area contributed by atoms with Crippen LogP contribution in [0.2, 0.25) is 0 Å². The molecule has 2 aromatic heterocycles. The number of aromatic amines is 1. The first-order valence-electron chi connectivity index (χ1n) is 7.14. The van der Waals surface area contributed by atoms with E-state index in [0.29, 0.717) is 24.3 Å². The molecule has 0 amide bonds. The van der Waals surface area contributed by atoms with Crippen LogP contribution in [-0.2, 0) is 13.1 Å². The Kier molecular flexibility index (Phi) is 3.54. The molecular formula is C15H17N5O2. The average molecular weight is 299 g/mol. The van der Waals surface area contributed by atoms with Gasteiger partial charge in [-0.15, -0.1) is 0 Å². The van der Waals surface area contributed by atoms with Gasteiger partial charge in [0.05, 0.1) is 6.54 Å². The monoisotopic (exact) mass is 299 g/mol. The summed E-state index contributed by atoms with van der Waals surface area (Å²) in [6.07, 6.45) is 0.812. The highest BCUT2D eigenvalue weighted by Gasteiger charge is 2.16. The summed E-state index contributed by atoms with van der Waals surface area (Å²) in [5, 5.41) is 0. The number of hydrogen-bond donors (Lipinski definition) is 2. The fourth-order valence-electron chi connectivity index (χ4n) is 2.55. The Morgan fingerprint density at radius 3 is 2.59 bits per heavy atom. The highest BCUT2D eigenvalue weighted by molar-refractivity contribution is 5.73. The van der Waals surface area contributed by atoms with Gasteiger partial charge in [-0.3, -0.25) is 14.3 Å². The molecule has 0 bridgehead atoms. The second kappa shape index (κ2) is 5.51. The lowest BCUT2D eigenvalue weighted by Crippen LogP contribution is -2.31. The molecule has 0 aliphatic carbocycles. The van der Waals surface area contributed by atoms with Crippen LogP contribution in [0, 0.1) is 0 Å². The quantitative estimate of drug-likeness (QED) is 0.748. The molecule has 2 heterocycles. The van der Waals surface area contributed by atoms with Crippen molar-refractivity contribution < 1.29 is 0 Å². The Bertz CT molecular complexity index is 921. The van der Waals surface area contributed by atoms with E-state index in [1.165, 1.54) is 4.57 Å². The zero-order valence-electron chi connectivity index (χ0n) is 12.2. The number of hydrogen-bond acceptors (Lipinski definition) is 4. The smallest absolute Gasteiger partial charge is 0.330 e. The normalized spacial score (nSPS) is 11.1. The van der Waals surface area contributed by atoms with E-state index in [9.17, 15) is 9.59 Å². The molecule has 1 aromatic carbocycles. The van der Waals surface area contributed by atoms with Gasteiger partial charge in [0.15, 0.2) is 11.2 Å². The number of aryl methyl sites for hydroxylation is 1. The molecule has 0 unspecified atom stereocenters.